The van der Waals surface area contributed by atoms with Crippen LogP contribution in [-0.2, 0) is 21.0 Å². The van der Waals surface area contributed by atoms with E-state index in [2.05, 4.69) is 24.6 Å². The fraction of sp³-hybridized carbons (Fsp3) is 0.654. The maximum Gasteiger partial charge on any atom is 0.417 e. The molecule has 0 saturated heterocycles. The van der Waals surface area contributed by atoms with E-state index in [-0.39, 0.29) is 22.8 Å². The second-order valence-electron chi connectivity index (χ2n) is 11.4. The van der Waals surface area contributed by atoms with Gasteiger partial charge in [0.25, 0.3) is 0 Å². The average Bonchev–Trinajstić information content (AvgIpc) is 3.12. The summed E-state index contributed by atoms with van der Waals surface area (Å²) in [5.74, 6) is 1.13. The number of alkyl halides is 3. The summed E-state index contributed by atoms with van der Waals surface area (Å²) >= 11 is 0. The molecule has 5 rings (SSSR count). The van der Waals surface area contributed by atoms with E-state index in [0.717, 1.165) is 44.2 Å². The van der Waals surface area contributed by atoms with Crippen molar-refractivity contribution in [2.45, 2.75) is 75.5 Å². The molecule has 9 heteroatoms. The molecule has 3 aliphatic carbocycles. The fourth-order valence-corrected chi connectivity index (χ4v) is 9.74. The van der Waals surface area contributed by atoms with Gasteiger partial charge in [-0.15, -0.1) is 0 Å². The first-order valence-corrected chi connectivity index (χ1v) is 13.9. The van der Waals surface area contributed by atoms with Crippen molar-refractivity contribution in [3.05, 3.63) is 42.0 Å². The molecule has 1 aromatic carbocycles. The van der Waals surface area contributed by atoms with Crippen molar-refractivity contribution in [1.29, 1.82) is 0 Å². The van der Waals surface area contributed by atoms with Crippen LogP contribution in [0.15, 0.2) is 41.3 Å². The lowest BCUT2D eigenvalue weighted by atomic mass is 9.48. The van der Waals surface area contributed by atoms with E-state index < -0.39 is 32.7 Å². The smallest absolute Gasteiger partial charge is 0.338 e. The van der Waals surface area contributed by atoms with E-state index in [1.165, 1.54) is 12.1 Å². The molecule has 0 radical (unpaired) electrons. The van der Waals surface area contributed by atoms with Gasteiger partial charge < -0.3 is 4.90 Å². The van der Waals surface area contributed by atoms with E-state index in [0.29, 0.717) is 24.2 Å². The van der Waals surface area contributed by atoms with Crippen LogP contribution in [0.2, 0.25) is 0 Å². The average molecular weight is 511 g/mol. The number of nitrogens with one attached hydrogen (secondary N) is 1. The molecule has 1 heterocycles. The van der Waals surface area contributed by atoms with Crippen LogP contribution < -0.4 is 4.72 Å². The molecule has 0 spiro atoms. The Balaban J connectivity index is 1.41. The molecule has 0 bridgehead atoms. The molecule has 3 saturated carbocycles. The fourth-order valence-electron chi connectivity index (χ4n) is 8.12. The zero-order chi connectivity index (χ0) is 25.4. The van der Waals surface area contributed by atoms with Gasteiger partial charge in [-0.2, -0.15) is 13.2 Å². The summed E-state index contributed by atoms with van der Waals surface area (Å²) in [7, 11) is -2.47. The Bertz CT molecular complexity index is 1170. The number of amides is 1. The van der Waals surface area contributed by atoms with Crippen LogP contribution in [0.4, 0.5) is 13.2 Å². The maximum atomic E-state index is 13.5. The highest BCUT2D eigenvalue weighted by molar-refractivity contribution is 7.89. The van der Waals surface area contributed by atoms with Gasteiger partial charge in [-0.05, 0) is 79.9 Å². The van der Waals surface area contributed by atoms with Crippen molar-refractivity contribution in [3.63, 3.8) is 0 Å². The van der Waals surface area contributed by atoms with Crippen LogP contribution in [0.3, 0.4) is 0 Å². The number of carbonyl (C=O) groups is 1. The van der Waals surface area contributed by atoms with Crippen LogP contribution in [0, 0.1) is 28.6 Å². The summed E-state index contributed by atoms with van der Waals surface area (Å²) < 4.78 is 69.7. The molecule has 7 atom stereocenters. The summed E-state index contributed by atoms with van der Waals surface area (Å²) in [6, 6.07) is 4.14. The number of rotatable bonds is 3. The zero-order valence-corrected chi connectivity index (χ0v) is 21.1. The summed E-state index contributed by atoms with van der Waals surface area (Å²) in [5, 5.41) is 0. The quantitative estimate of drug-likeness (QED) is 0.623. The van der Waals surface area contributed by atoms with Gasteiger partial charge in [-0.25, -0.2) is 13.1 Å². The number of nitrogens with zero attached hydrogens (tertiary/aromatic N) is 1. The number of hydrogen-bond donors (Lipinski definition) is 1. The predicted molar refractivity (Wildman–Crippen MR) is 126 cm³/mol. The summed E-state index contributed by atoms with van der Waals surface area (Å²) in [6.07, 6.45) is 4.12. The lowest BCUT2D eigenvalue weighted by Gasteiger charge is -2.60. The molecule has 4 aliphatic rings. The molecule has 5 nitrogen and oxygen atoms in total. The highest BCUT2D eigenvalue weighted by Crippen LogP contribution is 2.64. The minimum atomic E-state index is -4.75. The lowest BCUT2D eigenvalue weighted by Crippen LogP contribution is -2.60. The molecule has 0 aromatic heterocycles. The third-order valence-electron chi connectivity index (χ3n) is 9.91. The van der Waals surface area contributed by atoms with Gasteiger partial charge in [-0.3, -0.25) is 4.79 Å². The monoisotopic (exact) mass is 510 g/mol. The predicted octanol–water partition coefficient (Wildman–Crippen LogP) is 4.99. The Labute approximate surface area is 205 Å². The van der Waals surface area contributed by atoms with Crippen LogP contribution >= 0.6 is 0 Å². The first kappa shape index (κ1) is 24.8. The van der Waals surface area contributed by atoms with Crippen LogP contribution in [-0.4, -0.2) is 38.4 Å². The van der Waals surface area contributed by atoms with Crippen molar-refractivity contribution >= 4 is 15.9 Å². The molecule has 192 valence electrons. The molecule has 2 unspecified atom stereocenters. The molecule has 1 amide bonds. The Morgan fingerprint density at radius 3 is 2.46 bits per heavy atom. The van der Waals surface area contributed by atoms with Gasteiger partial charge in [-0.1, -0.05) is 32.1 Å². The third kappa shape index (κ3) is 3.76. The minimum Gasteiger partial charge on any atom is -0.338 e. The number of hydrogen-bond acceptors (Lipinski definition) is 3. The zero-order valence-electron chi connectivity index (χ0n) is 20.3. The summed E-state index contributed by atoms with van der Waals surface area (Å²) in [4.78, 5) is 13.4. The Kier molecular flexibility index (Phi) is 5.72. The van der Waals surface area contributed by atoms with Gasteiger partial charge in [0.1, 0.15) is 0 Å². The Hall–Kier alpha value is -1.87. The van der Waals surface area contributed by atoms with Crippen molar-refractivity contribution in [3.8, 4) is 0 Å². The van der Waals surface area contributed by atoms with Crippen molar-refractivity contribution in [1.82, 2.24) is 9.62 Å². The Morgan fingerprint density at radius 1 is 1.03 bits per heavy atom. The number of halogens is 3. The van der Waals surface area contributed by atoms with Crippen molar-refractivity contribution in [2.24, 2.45) is 28.6 Å². The number of fused-ring (bicyclic) bond motifs is 5. The van der Waals surface area contributed by atoms with Gasteiger partial charge in [0.2, 0.25) is 15.9 Å². The number of sulfonamides is 1. The van der Waals surface area contributed by atoms with E-state index in [9.17, 15) is 26.4 Å². The van der Waals surface area contributed by atoms with E-state index in [1.54, 1.807) is 6.08 Å². The molecule has 35 heavy (non-hydrogen) atoms. The second-order valence-corrected chi connectivity index (χ2v) is 13.1. The van der Waals surface area contributed by atoms with Gasteiger partial charge in [0.15, 0.2) is 0 Å². The van der Waals surface area contributed by atoms with E-state index in [1.807, 2.05) is 11.9 Å². The molecule has 3 fully saturated rings. The van der Waals surface area contributed by atoms with Gasteiger partial charge in [0, 0.05) is 24.5 Å². The van der Waals surface area contributed by atoms with E-state index in [4.69, 9.17) is 0 Å². The minimum absolute atomic E-state index is 0.0426. The summed E-state index contributed by atoms with van der Waals surface area (Å²) in [5.41, 5.74) is -1.56. The van der Waals surface area contributed by atoms with Crippen LogP contribution in [0.25, 0.3) is 0 Å². The lowest BCUT2D eigenvalue weighted by molar-refractivity contribution is -0.140. The molecular formula is C26H33F3N2O3S. The second kappa shape index (κ2) is 8.07. The van der Waals surface area contributed by atoms with Crippen molar-refractivity contribution in [2.75, 3.05) is 7.05 Å². The molecule has 1 aliphatic heterocycles. The van der Waals surface area contributed by atoms with E-state index >= 15 is 0 Å². The summed E-state index contributed by atoms with van der Waals surface area (Å²) in [6.45, 7) is 4.37. The highest BCUT2D eigenvalue weighted by atomic mass is 32.2. The highest BCUT2D eigenvalue weighted by Gasteiger charge is 2.61. The van der Waals surface area contributed by atoms with Gasteiger partial charge >= 0.3 is 6.18 Å². The Morgan fingerprint density at radius 2 is 1.74 bits per heavy atom. The standard InChI is InChI=1S/C26H33F3N2O3S/c1-24-14-12-18-16(8-11-22-25(18,2)15-13-23(32)31(22)3)17(24)9-10-21(24)30-35(33,34)20-7-5-4-6-19(20)26(27,28)29/h4-7,13,15-18,21-22,30H,8-12,14H2,1-3H3/t16-,17-,18+,21?,22?,24-,25+/m0/s1. The van der Waals surface area contributed by atoms with Gasteiger partial charge in [0.05, 0.1) is 10.5 Å². The molecular weight excluding hydrogens is 477 g/mol. The topological polar surface area (TPSA) is 66.5 Å². The maximum absolute atomic E-state index is 13.5. The number of likely N-dealkylation sites (N-methyl/N-ethyl adjacent to an activating group) is 1. The molecule has 1 aromatic rings. The largest absolute Gasteiger partial charge is 0.417 e. The SMILES string of the molecule is CN1C(=O)C=C[C@@]2(C)C1CC[C@@H]1[C@H]2CC[C@]2(C)C(NS(=O)(=O)c3ccccc3C(F)(F)F)CC[C@@H]12. The number of benzene rings is 1. The van der Waals surface area contributed by atoms with Crippen molar-refractivity contribution < 1.29 is 26.4 Å². The van der Waals surface area contributed by atoms with Crippen LogP contribution in [0.5, 0.6) is 0 Å². The first-order chi connectivity index (χ1) is 16.3. The third-order valence-corrected chi connectivity index (χ3v) is 11.4. The normalized spacial score (nSPS) is 39.2. The van der Waals surface area contributed by atoms with Crippen LogP contribution in [0.1, 0.15) is 57.9 Å². The molecule has 1 N–H and O–H groups in total. The first-order valence-electron chi connectivity index (χ1n) is 12.4. The number of carbonyl (C=O) groups excluding carboxylic acids is 1.